The Balaban J connectivity index is 0.987. The van der Waals surface area contributed by atoms with Crippen LogP contribution in [0.4, 0.5) is 17.1 Å². The topological polar surface area (TPSA) is 130 Å². The molecule has 0 unspecified atom stereocenters. The molecular formula is C45H48N6O4S2. The summed E-state index contributed by atoms with van der Waals surface area (Å²) in [6, 6.07) is 40.9. The maximum atomic E-state index is 13.5. The number of morpholine rings is 1. The predicted molar refractivity (Wildman–Crippen MR) is 234 cm³/mol. The average molecular weight is 801 g/mol. The molecular weight excluding hydrogens is 753 g/mol. The molecule has 2 aliphatic heterocycles. The largest absolute Gasteiger partial charge is 0.383 e. The molecule has 57 heavy (non-hydrogen) atoms. The van der Waals surface area contributed by atoms with Crippen LogP contribution in [-0.4, -0.2) is 76.9 Å². The van der Waals surface area contributed by atoms with Crippen LogP contribution in [0.1, 0.15) is 30.4 Å². The molecule has 0 saturated carbocycles. The SMILES string of the molecule is NC(=NS(=O)(=O)c1ccc(N[C@H](CCN2CCOCC2)CSc2ccccc2)c(N=O)c1)c1ccc(N2CCC(=Cc3ccccc3-c3ccccc3)CC2)cc1. The van der Waals surface area contributed by atoms with Crippen molar-refractivity contribution in [2.24, 2.45) is 15.3 Å². The number of nitrogens with one attached hydrogen (secondary N) is 1. The fourth-order valence-electron chi connectivity index (χ4n) is 7.16. The summed E-state index contributed by atoms with van der Waals surface area (Å²) in [5.74, 6) is 0.609. The minimum absolute atomic E-state index is 0.00443. The third-order valence-electron chi connectivity index (χ3n) is 10.4. The van der Waals surface area contributed by atoms with E-state index in [0.717, 1.165) is 68.3 Å². The van der Waals surface area contributed by atoms with Crippen LogP contribution in [0.25, 0.3) is 17.2 Å². The highest BCUT2D eigenvalue weighted by molar-refractivity contribution is 7.99. The number of thioether (sulfide) groups is 1. The van der Waals surface area contributed by atoms with E-state index >= 15 is 0 Å². The zero-order valence-electron chi connectivity index (χ0n) is 31.9. The van der Waals surface area contributed by atoms with Gasteiger partial charge >= 0.3 is 0 Å². The Morgan fingerprint density at radius 1 is 0.842 bits per heavy atom. The third-order valence-corrected chi connectivity index (χ3v) is 12.8. The highest BCUT2D eigenvalue weighted by atomic mass is 32.2. The maximum absolute atomic E-state index is 13.5. The van der Waals surface area contributed by atoms with E-state index < -0.39 is 10.0 Å². The Morgan fingerprint density at radius 3 is 2.25 bits per heavy atom. The van der Waals surface area contributed by atoms with Crippen molar-refractivity contribution in [1.82, 2.24) is 4.90 Å². The van der Waals surface area contributed by atoms with Gasteiger partial charge in [-0.05, 0) is 95.7 Å². The van der Waals surface area contributed by atoms with E-state index in [9.17, 15) is 13.3 Å². The second kappa shape index (κ2) is 19.3. The molecule has 0 bridgehead atoms. The Kier molecular flexibility index (Phi) is 13.5. The van der Waals surface area contributed by atoms with Crippen molar-refractivity contribution in [3.05, 3.63) is 149 Å². The summed E-state index contributed by atoms with van der Waals surface area (Å²) in [4.78, 5) is 17.7. The number of nitrogens with two attached hydrogens (primary N) is 1. The maximum Gasteiger partial charge on any atom is 0.284 e. The number of rotatable bonds is 15. The average Bonchev–Trinajstić information content (AvgIpc) is 3.26. The van der Waals surface area contributed by atoms with Crippen molar-refractivity contribution in [2.45, 2.75) is 35.1 Å². The summed E-state index contributed by atoms with van der Waals surface area (Å²) in [6.45, 7) is 5.79. The number of anilines is 2. The first-order chi connectivity index (χ1) is 27.8. The van der Waals surface area contributed by atoms with Gasteiger partial charge in [0, 0.05) is 60.7 Å². The standard InChI is InChI=1S/C45H48N6O4S2/c46-45(36-15-17-39(18-16-36)51-25-21-34(22-26-51)31-37-11-7-8-14-42(37)35-9-3-1-4-10-35)49-57(53,54)41-19-20-43(44(32-41)48-52)47-38(23-24-50-27-29-55-30-28-50)33-56-40-12-5-2-6-13-40/h1-20,31-32,38,47H,21-30,33H2,(H2,46,49)/t38-/m1/s1. The van der Waals surface area contributed by atoms with Crippen LogP contribution in [0.5, 0.6) is 0 Å². The lowest BCUT2D eigenvalue weighted by Crippen LogP contribution is -2.39. The number of nitrogens with zero attached hydrogens (tertiary/aromatic N) is 4. The van der Waals surface area contributed by atoms with E-state index in [1.807, 2.05) is 36.4 Å². The van der Waals surface area contributed by atoms with Crippen molar-refractivity contribution in [3.63, 3.8) is 0 Å². The van der Waals surface area contributed by atoms with Crippen LogP contribution in [0.2, 0.25) is 0 Å². The van der Waals surface area contributed by atoms with E-state index in [0.29, 0.717) is 24.5 Å². The number of nitroso groups, excluding NO2 is 1. The van der Waals surface area contributed by atoms with Gasteiger partial charge in [0.2, 0.25) is 0 Å². The van der Waals surface area contributed by atoms with Crippen LogP contribution in [-0.2, 0) is 14.8 Å². The van der Waals surface area contributed by atoms with Gasteiger partial charge in [-0.2, -0.15) is 8.42 Å². The van der Waals surface area contributed by atoms with E-state index in [1.54, 1.807) is 30.0 Å². The van der Waals surface area contributed by atoms with Crippen molar-refractivity contribution in [1.29, 1.82) is 0 Å². The number of benzene rings is 5. The molecule has 0 radical (unpaired) electrons. The normalized spacial score (nSPS) is 15.9. The Morgan fingerprint density at radius 2 is 1.53 bits per heavy atom. The highest BCUT2D eigenvalue weighted by Crippen LogP contribution is 2.32. The summed E-state index contributed by atoms with van der Waals surface area (Å²) in [5, 5.41) is 6.67. The van der Waals surface area contributed by atoms with E-state index in [2.05, 4.69) is 91.4 Å². The number of piperidine rings is 1. The fraction of sp³-hybridized carbons (Fsp3) is 0.267. The van der Waals surface area contributed by atoms with Crippen molar-refractivity contribution in [3.8, 4) is 11.1 Å². The van der Waals surface area contributed by atoms with Crippen LogP contribution in [0, 0.1) is 4.91 Å². The van der Waals surface area contributed by atoms with E-state index in [1.165, 1.54) is 34.4 Å². The van der Waals surface area contributed by atoms with Gasteiger partial charge < -0.3 is 20.7 Å². The number of sulfonamides is 1. The number of ether oxygens (including phenoxy) is 1. The lowest BCUT2D eigenvalue weighted by molar-refractivity contribution is 0.0370. The van der Waals surface area contributed by atoms with Crippen LogP contribution in [0.3, 0.4) is 0 Å². The van der Waals surface area contributed by atoms with Gasteiger partial charge in [0.1, 0.15) is 11.5 Å². The lowest BCUT2D eigenvalue weighted by atomic mass is 9.95. The molecule has 0 aliphatic carbocycles. The molecule has 12 heteroatoms. The summed E-state index contributed by atoms with van der Waals surface area (Å²) in [5.41, 5.74) is 13.3. The summed E-state index contributed by atoms with van der Waals surface area (Å²) in [6.07, 6.45) is 5.04. The smallest absolute Gasteiger partial charge is 0.284 e. The number of hydrogen-bond acceptors (Lipinski definition) is 9. The summed E-state index contributed by atoms with van der Waals surface area (Å²) >= 11 is 1.72. The third kappa shape index (κ3) is 10.8. The Hall–Kier alpha value is -5.27. The molecule has 5 aromatic rings. The van der Waals surface area contributed by atoms with Crippen molar-refractivity contribution >= 4 is 50.8 Å². The van der Waals surface area contributed by atoms with Gasteiger partial charge in [-0.1, -0.05) is 84.4 Å². The van der Waals surface area contributed by atoms with Crippen LogP contribution < -0.4 is 16.0 Å². The van der Waals surface area contributed by atoms with Crippen molar-refractivity contribution < 1.29 is 13.2 Å². The van der Waals surface area contributed by atoms with Crippen molar-refractivity contribution in [2.75, 3.05) is 61.9 Å². The molecule has 0 amide bonds. The molecule has 2 fully saturated rings. The molecule has 10 nitrogen and oxygen atoms in total. The quantitative estimate of drug-likeness (QED) is 0.0462. The lowest BCUT2D eigenvalue weighted by Gasteiger charge is -2.30. The Bertz CT molecular complexity index is 2270. The molecule has 1 atom stereocenters. The molecule has 5 aromatic carbocycles. The molecule has 2 aliphatic rings. The zero-order chi connectivity index (χ0) is 39.5. The molecule has 2 saturated heterocycles. The molecule has 0 aromatic heterocycles. The van der Waals surface area contributed by atoms with Gasteiger partial charge in [0.05, 0.1) is 23.8 Å². The predicted octanol–water partition coefficient (Wildman–Crippen LogP) is 8.82. The minimum atomic E-state index is -4.24. The van der Waals surface area contributed by atoms with E-state index in [4.69, 9.17) is 10.5 Å². The Labute approximate surface area is 339 Å². The van der Waals surface area contributed by atoms with Gasteiger partial charge in [-0.15, -0.1) is 21.1 Å². The fourth-order valence-corrected chi connectivity index (χ4v) is 9.12. The van der Waals surface area contributed by atoms with Gasteiger partial charge in [-0.3, -0.25) is 4.90 Å². The molecule has 0 spiro atoms. The first-order valence-electron chi connectivity index (χ1n) is 19.4. The zero-order valence-corrected chi connectivity index (χ0v) is 33.5. The van der Waals surface area contributed by atoms with Gasteiger partial charge in [0.25, 0.3) is 10.0 Å². The van der Waals surface area contributed by atoms with Gasteiger partial charge in [-0.25, -0.2) is 0 Å². The summed E-state index contributed by atoms with van der Waals surface area (Å²) < 4.78 is 36.4. The summed E-state index contributed by atoms with van der Waals surface area (Å²) in [7, 11) is -4.24. The van der Waals surface area contributed by atoms with Crippen LogP contribution >= 0.6 is 11.8 Å². The molecule has 3 N–H and O–H groups in total. The van der Waals surface area contributed by atoms with E-state index in [-0.39, 0.29) is 22.5 Å². The first-order valence-corrected chi connectivity index (χ1v) is 21.8. The number of amidine groups is 1. The molecule has 2 heterocycles. The van der Waals surface area contributed by atoms with Crippen LogP contribution in [0.15, 0.2) is 152 Å². The second-order valence-electron chi connectivity index (χ2n) is 14.2. The minimum Gasteiger partial charge on any atom is -0.383 e. The number of hydrogen-bond donors (Lipinski definition) is 2. The molecule has 294 valence electrons. The highest BCUT2D eigenvalue weighted by Gasteiger charge is 2.21. The molecule has 7 rings (SSSR count). The first kappa shape index (κ1) is 39.9. The second-order valence-corrected chi connectivity index (χ2v) is 16.9. The van der Waals surface area contributed by atoms with Gasteiger partial charge in [0.15, 0.2) is 0 Å². The monoisotopic (exact) mass is 800 g/mol.